The molecule has 1 heterocycles. The van der Waals surface area contributed by atoms with Gasteiger partial charge in [0.1, 0.15) is 11.6 Å². The molecule has 1 aromatic carbocycles. The lowest BCUT2D eigenvalue weighted by atomic mass is 10.1. The number of nitrogens with zero attached hydrogens (tertiary/aromatic N) is 2. The third-order valence-electron chi connectivity index (χ3n) is 3.04. The number of halogens is 1. The molecule has 1 atom stereocenters. The van der Waals surface area contributed by atoms with Gasteiger partial charge in [0.25, 0.3) is 0 Å². The first-order valence-electron chi connectivity index (χ1n) is 6.36. The molecule has 0 saturated carbocycles. The zero-order valence-electron chi connectivity index (χ0n) is 11.8. The molecule has 2 rings (SSSR count). The summed E-state index contributed by atoms with van der Waals surface area (Å²) in [6, 6.07) is 7.41. The summed E-state index contributed by atoms with van der Waals surface area (Å²) in [4.78, 5) is 6.18. The van der Waals surface area contributed by atoms with Crippen LogP contribution in [0.1, 0.15) is 18.5 Å². The van der Waals surface area contributed by atoms with E-state index in [4.69, 9.17) is 0 Å². The lowest BCUT2D eigenvalue weighted by Gasteiger charge is -2.21. The van der Waals surface area contributed by atoms with Crippen LogP contribution in [0.15, 0.2) is 36.5 Å². The average molecular weight is 275 g/mol. The van der Waals surface area contributed by atoms with E-state index in [1.165, 1.54) is 18.2 Å². The Hall–Kier alpha value is -2.30. The smallest absolute Gasteiger partial charge is 0.151 e. The van der Waals surface area contributed by atoms with Gasteiger partial charge in [0.2, 0.25) is 0 Å². The summed E-state index contributed by atoms with van der Waals surface area (Å²) in [5, 5.41) is 13.1. The van der Waals surface area contributed by atoms with Crippen molar-refractivity contribution in [2.24, 2.45) is 0 Å². The largest absolute Gasteiger partial charge is 0.508 e. The van der Waals surface area contributed by atoms with Crippen molar-refractivity contribution in [1.82, 2.24) is 4.98 Å². The van der Waals surface area contributed by atoms with Crippen molar-refractivity contribution in [2.75, 3.05) is 24.3 Å². The first-order valence-corrected chi connectivity index (χ1v) is 6.36. The Morgan fingerprint density at radius 3 is 2.75 bits per heavy atom. The lowest BCUT2D eigenvalue weighted by molar-refractivity contribution is 0.462. The first kappa shape index (κ1) is 14.1. The Bertz CT molecular complexity index is 601. The number of hydrogen-bond acceptors (Lipinski definition) is 4. The third kappa shape index (κ3) is 2.99. The van der Waals surface area contributed by atoms with E-state index < -0.39 is 0 Å². The van der Waals surface area contributed by atoms with Gasteiger partial charge in [-0.2, -0.15) is 0 Å². The highest BCUT2D eigenvalue weighted by Gasteiger charge is 2.14. The maximum Gasteiger partial charge on any atom is 0.151 e. The molecule has 0 aliphatic carbocycles. The fourth-order valence-electron chi connectivity index (χ4n) is 2.05. The van der Waals surface area contributed by atoms with Crippen molar-refractivity contribution < 1.29 is 9.50 Å². The van der Waals surface area contributed by atoms with E-state index >= 15 is 0 Å². The quantitative estimate of drug-likeness (QED) is 0.900. The van der Waals surface area contributed by atoms with Crippen LogP contribution in [0.25, 0.3) is 0 Å². The van der Waals surface area contributed by atoms with Gasteiger partial charge in [-0.05, 0) is 37.3 Å². The van der Waals surface area contributed by atoms with Gasteiger partial charge >= 0.3 is 0 Å². The van der Waals surface area contributed by atoms with Gasteiger partial charge in [-0.1, -0.05) is 0 Å². The highest BCUT2D eigenvalue weighted by atomic mass is 19.1. The second kappa shape index (κ2) is 5.77. The van der Waals surface area contributed by atoms with E-state index in [0.29, 0.717) is 5.56 Å². The molecule has 0 amide bonds. The highest BCUT2D eigenvalue weighted by Crippen LogP contribution is 2.30. The number of nitrogens with one attached hydrogen (secondary N) is 1. The Kier molecular flexibility index (Phi) is 4.08. The van der Waals surface area contributed by atoms with Crippen molar-refractivity contribution in [1.29, 1.82) is 0 Å². The average Bonchev–Trinajstić information content (AvgIpc) is 2.41. The normalized spacial score (nSPS) is 12.0. The molecule has 0 saturated heterocycles. The molecule has 5 heteroatoms. The molecule has 2 aromatic rings. The van der Waals surface area contributed by atoms with E-state index in [1.54, 1.807) is 6.20 Å². The zero-order chi connectivity index (χ0) is 14.7. The van der Waals surface area contributed by atoms with Crippen molar-refractivity contribution in [3.63, 3.8) is 0 Å². The zero-order valence-corrected chi connectivity index (χ0v) is 11.8. The molecular weight excluding hydrogens is 257 g/mol. The summed E-state index contributed by atoms with van der Waals surface area (Å²) in [5.41, 5.74) is 1.34. The van der Waals surface area contributed by atoms with Gasteiger partial charge < -0.3 is 15.3 Å². The van der Waals surface area contributed by atoms with Crippen molar-refractivity contribution in [3.8, 4) is 5.75 Å². The Morgan fingerprint density at radius 2 is 2.05 bits per heavy atom. The summed E-state index contributed by atoms with van der Waals surface area (Å²) in [6.07, 6.45) is 1.71. The summed E-state index contributed by atoms with van der Waals surface area (Å²) in [5.74, 6) is 0.488. The van der Waals surface area contributed by atoms with E-state index in [1.807, 2.05) is 38.1 Å². The van der Waals surface area contributed by atoms with Crippen LogP contribution in [-0.4, -0.2) is 24.2 Å². The second-order valence-electron chi connectivity index (χ2n) is 4.84. The van der Waals surface area contributed by atoms with Gasteiger partial charge in [-0.15, -0.1) is 0 Å². The van der Waals surface area contributed by atoms with Crippen LogP contribution in [0, 0.1) is 5.82 Å². The highest BCUT2D eigenvalue weighted by molar-refractivity contribution is 5.65. The molecule has 4 nitrogen and oxygen atoms in total. The first-order chi connectivity index (χ1) is 9.49. The molecule has 20 heavy (non-hydrogen) atoms. The van der Waals surface area contributed by atoms with E-state index in [-0.39, 0.29) is 17.6 Å². The standard InChI is InChI=1S/C15H18FN3O/c1-10(12-9-11(16)6-7-14(12)20)18-13-5-4-8-17-15(13)19(2)3/h4-10,18,20H,1-3H3. The van der Waals surface area contributed by atoms with Crippen LogP contribution in [0.4, 0.5) is 15.9 Å². The number of aromatic hydroxyl groups is 1. The molecule has 0 aliphatic heterocycles. The fraction of sp³-hybridized carbons (Fsp3) is 0.267. The minimum Gasteiger partial charge on any atom is -0.508 e. The van der Waals surface area contributed by atoms with Crippen LogP contribution in [-0.2, 0) is 0 Å². The Balaban J connectivity index is 2.28. The minimum atomic E-state index is -0.370. The summed E-state index contributed by atoms with van der Waals surface area (Å²) >= 11 is 0. The van der Waals surface area contributed by atoms with Crippen molar-refractivity contribution in [2.45, 2.75) is 13.0 Å². The van der Waals surface area contributed by atoms with Gasteiger partial charge in [-0.25, -0.2) is 9.37 Å². The number of hydrogen-bond donors (Lipinski definition) is 2. The van der Waals surface area contributed by atoms with Crippen LogP contribution in [0.3, 0.4) is 0 Å². The van der Waals surface area contributed by atoms with Gasteiger partial charge in [0.15, 0.2) is 5.82 Å². The number of aromatic nitrogens is 1. The van der Waals surface area contributed by atoms with Gasteiger partial charge in [-0.3, -0.25) is 0 Å². The molecule has 106 valence electrons. The van der Waals surface area contributed by atoms with E-state index in [9.17, 15) is 9.50 Å². The molecule has 0 spiro atoms. The topological polar surface area (TPSA) is 48.4 Å². The van der Waals surface area contributed by atoms with Crippen molar-refractivity contribution in [3.05, 3.63) is 47.9 Å². The number of pyridine rings is 1. The van der Waals surface area contributed by atoms with Crippen LogP contribution < -0.4 is 10.2 Å². The molecule has 0 fully saturated rings. The van der Waals surface area contributed by atoms with E-state index in [0.717, 1.165) is 11.5 Å². The minimum absolute atomic E-state index is 0.0710. The Labute approximate surface area is 117 Å². The molecule has 0 aliphatic rings. The maximum atomic E-state index is 13.3. The predicted octanol–water partition coefficient (Wildman–Crippen LogP) is 3.17. The molecule has 1 unspecified atom stereocenters. The third-order valence-corrected chi connectivity index (χ3v) is 3.04. The monoisotopic (exact) mass is 275 g/mol. The van der Waals surface area contributed by atoms with Crippen LogP contribution in [0.2, 0.25) is 0 Å². The number of anilines is 2. The molecule has 2 N–H and O–H groups in total. The van der Waals surface area contributed by atoms with Crippen LogP contribution in [0.5, 0.6) is 5.75 Å². The fourth-order valence-corrected chi connectivity index (χ4v) is 2.05. The van der Waals surface area contributed by atoms with Gasteiger partial charge in [0, 0.05) is 25.9 Å². The van der Waals surface area contributed by atoms with E-state index in [2.05, 4.69) is 10.3 Å². The second-order valence-corrected chi connectivity index (χ2v) is 4.84. The summed E-state index contributed by atoms with van der Waals surface area (Å²) in [7, 11) is 3.80. The maximum absolute atomic E-state index is 13.3. The van der Waals surface area contributed by atoms with Crippen molar-refractivity contribution >= 4 is 11.5 Å². The molecular formula is C15H18FN3O. The number of phenols is 1. The summed E-state index contributed by atoms with van der Waals surface area (Å²) in [6.45, 7) is 1.86. The predicted molar refractivity (Wildman–Crippen MR) is 78.7 cm³/mol. The molecule has 1 aromatic heterocycles. The lowest BCUT2D eigenvalue weighted by Crippen LogP contribution is -2.15. The number of benzene rings is 1. The summed E-state index contributed by atoms with van der Waals surface area (Å²) < 4.78 is 13.3. The molecule has 0 radical (unpaired) electrons. The number of rotatable bonds is 4. The SMILES string of the molecule is CC(Nc1cccnc1N(C)C)c1cc(F)ccc1O. The molecule has 0 bridgehead atoms. The Morgan fingerprint density at radius 1 is 1.30 bits per heavy atom. The number of phenolic OH excluding ortho intramolecular Hbond substituents is 1. The van der Waals surface area contributed by atoms with Crippen LogP contribution >= 0.6 is 0 Å². The van der Waals surface area contributed by atoms with Gasteiger partial charge in [0.05, 0.1) is 11.7 Å².